The molecule has 0 saturated carbocycles. The minimum atomic E-state index is -3.25. The standard InChI is InChI=1S/C13H17NO4S/c1-14-13(15)18-11-7-8-12(19(2,16)17)10-6-4-3-5-9(10)11/h7-8H,3-6H2,1-2H3,(H,14,15). The van der Waals surface area contributed by atoms with E-state index in [2.05, 4.69) is 5.32 Å². The molecule has 0 radical (unpaired) electrons. The van der Waals surface area contributed by atoms with Crippen LogP contribution >= 0.6 is 0 Å². The summed E-state index contributed by atoms with van der Waals surface area (Å²) in [5, 5.41) is 2.39. The van der Waals surface area contributed by atoms with Crippen LogP contribution in [0.3, 0.4) is 0 Å². The zero-order valence-corrected chi connectivity index (χ0v) is 11.8. The highest BCUT2D eigenvalue weighted by molar-refractivity contribution is 7.90. The summed E-state index contributed by atoms with van der Waals surface area (Å²) in [7, 11) is -1.77. The first kappa shape index (κ1) is 13.9. The van der Waals surface area contributed by atoms with Crippen LogP contribution in [0.5, 0.6) is 5.75 Å². The largest absolute Gasteiger partial charge is 0.412 e. The summed E-state index contributed by atoms with van der Waals surface area (Å²) < 4.78 is 28.7. The van der Waals surface area contributed by atoms with Gasteiger partial charge in [0, 0.05) is 13.3 Å². The van der Waals surface area contributed by atoms with Crippen LogP contribution in [0.25, 0.3) is 0 Å². The first-order valence-corrected chi connectivity index (χ1v) is 8.07. The quantitative estimate of drug-likeness (QED) is 0.896. The second-order valence-corrected chi connectivity index (χ2v) is 6.62. The minimum Gasteiger partial charge on any atom is -0.410 e. The second kappa shape index (κ2) is 5.21. The maximum Gasteiger partial charge on any atom is 0.412 e. The zero-order valence-electron chi connectivity index (χ0n) is 11.0. The second-order valence-electron chi connectivity index (χ2n) is 4.64. The number of amides is 1. The molecule has 19 heavy (non-hydrogen) atoms. The van der Waals surface area contributed by atoms with Crippen LogP contribution in [0, 0.1) is 0 Å². The summed E-state index contributed by atoms with van der Waals surface area (Å²) in [6, 6.07) is 3.09. The van der Waals surface area contributed by atoms with Gasteiger partial charge in [-0.05, 0) is 48.9 Å². The van der Waals surface area contributed by atoms with Crippen LogP contribution in [0.4, 0.5) is 4.79 Å². The van der Waals surface area contributed by atoms with Crippen LogP contribution in [-0.2, 0) is 22.7 Å². The molecule has 5 nitrogen and oxygen atoms in total. The molecule has 0 spiro atoms. The van der Waals surface area contributed by atoms with Crippen molar-refractivity contribution in [1.82, 2.24) is 5.32 Å². The van der Waals surface area contributed by atoms with Crippen LogP contribution < -0.4 is 10.1 Å². The number of carbonyl (C=O) groups is 1. The fourth-order valence-electron chi connectivity index (χ4n) is 2.40. The van der Waals surface area contributed by atoms with Gasteiger partial charge in [0.2, 0.25) is 0 Å². The summed E-state index contributed by atoms with van der Waals surface area (Å²) in [6.45, 7) is 0. The summed E-state index contributed by atoms with van der Waals surface area (Å²) >= 11 is 0. The van der Waals surface area contributed by atoms with Gasteiger partial charge < -0.3 is 10.1 Å². The van der Waals surface area contributed by atoms with Gasteiger partial charge in [-0.25, -0.2) is 13.2 Å². The van der Waals surface area contributed by atoms with E-state index in [4.69, 9.17) is 4.74 Å². The van der Waals surface area contributed by atoms with Crippen molar-refractivity contribution < 1.29 is 17.9 Å². The van der Waals surface area contributed by atoms with Crippen molar-refractivity contribution >= 4 is 15.9 Å². The Morgan fingerprint density at radius 2 is 1.84 bits per heavy atom. The average Bonchev–Trinajstić information content (AvgIpc) is 2.37. The molecule has 0 atom stereocenters. The lowest BCUT2D eigenvalue weighted by Crippen LogP contribution is -2.23. The number of fused-ring (bicyclic) bond motifs is 1. The van der Waals surface area contributed by atoms with Crippen LogP contribution in [0.2, 0.25) is 0 Å². The molecule has 2 rings (SSSR count). The Hall–Kier alpha value is -1.56. The van der Waals surface area contributed by atoms with Gasteiger partial charge in [0.05, 0.1) is 4.90 Å². The van der Waals surface area contributed by atoms with E-state index in [1.54, 1.807) is 6.07 Å². The fraction of sp³-hybridized carbons (Fsp3) is 0.462. The molecule has 0 aromatic heterocycles. The number of sulfone groups is 1. The topological polar surface area (TPSA) is 72.5 Å². The first-order valence-electron chi connectivity index (χ1n) is 6.18. The van der Waals surface area contributed by atoms with Crippen molar-refractivity contribution in [3.8, 4) is 5.75 Å². The summed E-state index contributed by atoms with van der Waals surface area (Å²) in [5.74, 6) is 0.460. The van der Waals surface area contributed by atoms with E-state index in [1.807, 2.05) is 0 Å². The molecule has 1 N–H and O–H groups in total. The maximum absolute atomic E-state index is 11.8. The Kier molecular flexibility index (Phi) is 3.80. The molecule has 6 heteroatoms. The molecule has 1 aliphatic rings. The molecule has 1 amide bonds. The third-order valence-electron chi connectivity index (χ3n) is 3.26. The molecule has 104 valence electrons. The number of hydrogen-bond donors (Lipinski definition) is 1. The van der Waals surface area contributed by atoms with Gasteiger partial charge in [-0.3, -0.25) is 0 Å². The van der Waals surface area contributed by atoms with Crippen molar-refractivity contribution in [2.45, 2.75) is 30.6 Å². The number of carbonyl (C=O) groups excluding carboxylic acids is 1. The van der Waals surface area contributed by atoms with Crippen molar-refractivity contribution in [2.24, 2.45) is 0 Å². The van der Waals surface area contributed by atoms with Crippen molar-refractivity contribution in [1.29, 1.82) is 0 Å². The summed E-state index contributed by atoms with van der Waals surface area (Å²) in [6.07, 6.45) is 4.05. The summed E-state index contributed by atoms with van der Waals surface area (Å²) in [5.41, 5.74) is 1.65. The SMILES string of the molecule is CNC(=O)Oc1ccc(S(C)(=O)=O)c2c1CCCC2. The van der Waals surface area contributed by atoms with Gasteiger partial charge >= 0.3 is 6.09 Å². The van der Waals surface area contributed by atoms with E-state index in [9.17, 15) is 13.2 Å². The van der Waals surface area contributed by atoms with Crippen LogP contribution in [0.15, 0.2) is 17.0 Å². The highest BCUT2D eigenvalue weighted by Gasteiger charge is 2.23. The average molecular weight is 283 g/mol. The highest BCUT2D eigenvalue weighted by Crippen LogP contribution is 2.34. The fourth-order valence-corrected chi connectivity index (χ4v) is 3.38. The Labute approximate surface area is 112 Å². The number of rotatable bonds is 2. The first-order chi connectivity index (χ1) is 8.93. The van der Waals surface area contributed by atoms with E-state index >= 15 is 0 Å². The smallest absolute Gasteiger partial charge is 0.410 e. The zero-order chi connectivity index (χ0) is 14.0. The van der Waals surface area contributed by atoms with Gasteiger partial charge in [0.25, 0.3) is 0 Å². The Morgan fingerprint density at radius 1 is 1.21 bits per heavy atom. The van der Waals surface area contributed by atoms with Gasteiger partial charge in [0.1, 0.15) is 5.75 Å². The molecule has 1 aromatic rings. The molecular weight excluding hydrogens is 266 g/mol. The van der Waals surface area contributed by atoms with E-state index in [-0.39, 0.29) is 0 Å². The van der Waals surface area contributed by atoms with Gasteiger partial charge in [-0.2, -0.15) is 0 Å². The molecule has 0 bridgehead atoms. The molecule has 0 fully saturated rings. The lowest BCUT2D eigenvalue weighted by molar-refractivity contribution is 0.202. The van der Waals surface area contributed by atoms with E-state index in [0.717, 1.165) is 30.4 Å². The van der Waals surface area contributed by atoms with Crippen molar-refractivity contribution in [3.63, 3.8) is 0 Å². The van der Waals surface area contributed by atoms with E-state index < -0.39 is 15.9 Å². The predicted octanol–water partition coefficient (Wildman–Crippen LogP) is 1.69. The number of nitrogens with one attached hydrogen (secondary N) is 1. The third kappa shape index (κ3) is 2.89. The number of benzene rings is 1. The monoisotopic (exact) mass is 283 g/mol. The van der Waals surface area contributed by atoms with Crippen molar-refractivity contribution in [3.05, 3.63) is 23.3 Å². The Bertz CT molecular complexity index is 607. The van der Waals surface area contributed by atoms with Crippen LogP contribution in [-0.4, -0.2) is 27.8 Å². The Morgan fingerprint density at radius 3 is 2.42 bits per heavy atom. The van der Waals surface area contributed by atoms with Gasteiger partial charge in [-0.1, -0.05) is 0 Å². The van der Waals surface area contributed by atoms with Crippen molar-refractivity contribution in [2.75, 3.05) is 13.3 Å². The van der Waals surface area contributed by atoms with E-state index in [0.29, 0.717) is 17.1 Å². The highest BCUT2D eigenvalue weighted by atomic mass is 32.2. The normalized spacial score (nSPS) is 14.6. The summed E-state index contributed by atoms with van der Waals surface area (Å²) in [4.78, 5) is 11.7. The molecule has 0 heterocycles. The molecule has 1 aromatic carbocycles. The Balaban J connectivity index is 2.52. The van der Waals surface area contributed by atoms with Gasteiger partial charge in [0.15, 0.2) is 9.84 Å². The lowest BCUT2D eigenvalue weighted by atomic mass is 9.91. The number of ether oxygens (including phenoxy) is 1. The molecular formula is C13H17NO4S. The van der Waals surface area contributed by atoms with Gasteiger partial charge in [-0.15, -0.1) is 0 Å². The predicted molar refractivity (Wildman–Crippen MR) is 71.3 cm³/mol. The molecule has 0 saturated heterocycles. The molecule has 0 unspecified atom stereocenters. The number of hydrogen-bond acceptors (Lipinski definition) is 4. The van der Waals surface area contributed by atoms with E-state index in [1.165, 1.54) is 19.4 Å². The van der Waals surface area contributed by atoms with Crippen LogP contribution in [0.1, 0.15) is 24.0 Å². The maximum atomic E-state index is 11.8. The minimum absolute atomic E-state index is 0.353. The third-order valence-corrected chi connectivity index (χ3v) is 4.44. The lowest BCUT2D eigenvalue weighted by Gasteiger charge is -2.21. The molecule has 0 aliphatic heterocycles. The molecule has 1 aliphatic carbocycles.